The molecule has 35 heavy (non-hydrogen) atoms. The summed E-state index contributed by atoms with van der Waals surface area (Å²) in [6.45, 7) is 0.428. The Morgan fingerprint density at radius 3 is 2.26 bits per heavy atom. The summed E-state index contributed by atoms with van der Waals surface area (Å²) in [5, 5.41) is 13.1. The van der Waals surface area contributed by atoms with Crippen molar-refractivity contribution in [3.05, 3.63) is 41.7 Å². The molecule has 7 rings (SSSR count). The van der Waals surface area contributed by atoms with Crippen molar-refractivity contribution in [2.24, 2.45) is 23.2 Å². The quantitative estimate of drug-likeness (QED) is 0.384. The van der Waals surface area contributed by atoms with E-state index in [1.54, 1.807) is 0 Å². The minimum Gasteiger partial charge on any atom is -0.348 e. The number of aromatic nitrogens is 3. The standard InChI is InChI=1S/C28H36N4O2S/c33-24(22-7-3-1-4-8-22)18-35-27-31-30-25(32(27)23-9-5-2-6-10-23)17-29-26(34)28-14-19-11-20(15-28)13-21(12-19)16-28/h1,3-4,7-8,19-21,23H,2,5-6,9-18H2,(H,29,34). The highest BCUT2D eigenvalue weighted by molar-refractivity contribution is 7.99. The first-order valence-electron chi connectivity index (χ1n) is 13.5. The number of carbonyl (C=O) groups is 2. The van der Waals surface area contributed by atoms with Crippen LogP contribution < -0.4 is 5.32 Å². The van der Waals surface area contributed by atoms with Gasteiger partial charge in [-0.25, -0.2) is 0 Å². The zero-order valence-corrected chi connectivity index (χ0v) is 21.3. The number of benzene rings is 1. The minimum absolute atomic E-state index is 0.102. The zero-order valence-electron chi connectivity index (χ0n) is 20.5. The Kier molecular flexibility index (Phi) is 6.46. The minimum atomic E-state index is -0.149. The number of Topliss-reactive ketones (excluding diaryl/α,β-unsaturated/α-hetero) is 1. The number of thioether (sulfide) groups is 1. The van der Waals surface area contributed by atoms with E-state index in [1.807, 2.05) is 30.3 Å². The van der Waals surface area contributed by atoms with Gasteiger partial charge in [0.25, 0.3) is 0 Å². The summed E-state index contributed by atoms with van der Waals surface area (Å²) in [7, 11) is 0. The van der Waals surface area contributed by atoms with Crippen molar-refractivity contribution >= 4 is 23.5 Å². The summed E-state index contributed by atoms with van der Waals surface area (Å²) in [6.07, 6.45) is 13.1. The van der Waals surface area contributed by atoms with Gasteiger partial charge in [-0.2, -0.15) is 0 Å². The molecule has 1 aromatic heterocycles. The Morgan fingerprint density at radius 1 is 0.943 bits per heavy atom. The lowest BCUT2D eigenvalue weighted by Gasteiger charge is -2.55. The summed E-state index contributed by atoms with van der Waals surface area (Å²) in [5.74, 6) is 3.78. The number of hydrogen-bond acceptors (Lipinski definition) is 5. The topological polar surface area (TPSA) is 76.9 Å². The van der Waals surface area contributed by atoms with Crippen molar-refractivity contribution < 1.29 is 9.59 Å². The summed E-state index contributed by atoms with van der Waals surface area (Å²) in [4.78, 5) is 26.2. The monoisotopic (exact) mass is 492 g/mol. The molecule has 1 aromatic carbocycles. The molecule has 5 fully saturated rings. The molecule has 7 heteroatoms. The third-order valence-electron chi connectivity index (χ3n) is 9.03. The maximum atomic E-state index is 13.5. The molecule has 186 valence electrons. The van der Waals surface area contributed by atoms with Gasteiger partial charge in [0.15, 0.2) is 16.8 Å². The van der Waals surface area contributed by atoms with Gasteiger partial charge in [-0.05, 0) is 69.1 Å². The van der Waals surface area contributed by atoms with Gasteiger partial charge in [0.1, 0.15) is 0 Å². The normalized spacial score (nSPS) is 29.9. The summed E-state index contributed by atoms with van der Waals surface area (Å²) >= 11 is 1.47. The summed E-state index contributed by atoms with van der Waals surface area (Å²) < 4.78 is 2.24. The number of rotatable bonds is 8. The molecule has 0 unspecified atom stereocenters. The highest BCUT2D eigenvalue weighted by atomic mass is 32.2. The second-order valence-corrected chi connectivity index (χ2v) is 12.5. The molecule has 1 N–H and O–H groups in total. The first-order chi connectivity index (χ1) is 17.1. The third-order valence-corrected chi connectivity index (χ3v) is 9.97. The van der Waals surface area contributed by atoms with Gasteiger partial charge in [0, 0.05) is 17.0 Å². The molecule has 5 aliphatic rings. The van der Waals surface area contributed by atoms with Crippen LogP contribution in [0, 0.1) is 23.2 Å². The molecule has 0 saturated heterocycles. The van der Waals surface area contributed by atoms with Crippen molar-refractivity contribution in [2.75, 3.05) is 5.75 Å². The fraction of sp³-hybridized carbons (Fsp3) is 0.643. The van der Waals surface area contributed by atoms with E-state index in [4.69, 9.17) is 0 Å². The molecule has 0 atom stereocenters. The molecule has 5 aliphatic carbocycles. The van der Waals surface area contributed by atoms with Crippen molar-refractivity contribution in [1.82, 2.24) is 20.1 Å². The van der Waals surface area contributed by atoms with E-state index in [-0.39, 0.29) is 17.1 Å². The molecule has 5 saturated carbocycles. The molecule has 2 aromatic rings. The average molecular weight is 493 g/mol. The second kappa shape index (κ2) is 9.72. The average Bonchev–Trinajstić information content (AvgIpc) is 3.28. The molecule has 6 nitrogen and oxygen atoms in total. The van der Waals surface area contributed by atoms with Gasteiger partial charge in [0.2, 0.25) is 5.91 Å². The maximum absolute atomic E-state index is 13.5. The van der Waals surface area contributed by atoms with Crippen LogP contribution in [0.5, 0.6) is 0 Å². The number of hydrogen-bond donors (Lipinski definition) is 1. The molecule has 1 heterocycles. The molecule has 0 radical (unpaired) electrons. The number of carbonyl (C=O) groups excluding carboxylic acids is 2. The highest BCUT2D eigenvalue weighted by Crippen LogP contribution is 2.60. The van der Waals surface area contributed by atoms with Crippen molar-refractivity contribution in [3.63, 3.8) is 0 Å². The fourth-order valence-corrected chi connectivity index (χ4v) is 8.72. The van der Waals surface area contributed by atoms with Gasteiger partial charge in [-0.15, -0.1) is 10.2 Å². The lowest BCUT2D eigenvalue weighted by atomic mass is 9.49. The van der Waals surface area contributed by atoms with Crippen molar-refractivity contribution in [1.29, 1.82) is 0 Å². The van der Waals surface area contributed by atoms with Gasteiger partial charge in [-0.1, -0.05) is 61.4 Å². The largest absolute Gasteiger partial charge is 0.348 e. The van der Waals surface area contributed by atoms with Crippen LogP contribution in [0.25, 0.3) is 0 Å². The van der Waals surface area contributed by atoms with Crippen LogP contribution in [0.3, 0.4) is 0 Å². The highest BCUT2D eigenvalue weighted by Gasteiger charge is 2.54. The summed E-state index contributed by atoms with van der Waals surface area (Å²) in [6, 6.07) is 9.79. The van der Waals surface area contributed by atoms with Crippen LogP contribution in [0.4, 0.5) is 0 Å². The SMILES string of the molecule is O=C(CSc1nnc(CNC(=O)C23CC4CC(CC(C4)C2)C3)n1C1CCCCC1)c1ccccc1. The summed E-state index contributed by atoms with van der Waals surface area (Å²) in [5.41, 5.74) is 0.580. The number of nitrogens with zero attached hydrogens (tertiary/aromatic N) is 3. The fourth-order valence-electron chi connectivity index (χ4n) is 7.81. The predicted octanol–water partition coefficient (Wildman–Crippen LogP) is 5.59. The molecule has 4 bridgehead atoms. The van der Waals surface area contributed by atoms with E-state index in [9.17, 15) is 9.59 Å². The van der Waals surface area contributed by atoms with Crippen molar-refractivity contribution in [3.8, 4) is 0 Å². The first-order valence-corrected chi connectivity index (χ1v) is 14.5. The van der Waals surface area contributed by atoms with Crippen molar-refractivity contribution in [2.45, 2.75) is 88.4 Å². The molecule has 0 spiro atoms. The predicted molar refractivity (Wildman–Crippen MR) is 136 cm³/mol. The van der Waals surface area contributed by atoms with Crippen LogP contribution in [0.15, 0.2) is 35.5 Å². The van der Waals surface area contributed by atoms with E-state index in [1.165, 1.54) is 50.3 Å². The lowest BCUT2D eigenvalue weighted by molar-refractivity contribution is -0.146. The van der Waals surface area contributed by atoms with E-state index >= 15 is 0 Å². The second-order valence-electron chi connectivity index (χ2n) is 11.5. The molecule has 0 aliphatic heterocycles. The van der Waals surface area contributed by atoms with E-state index in [2.05, 4.69) is 20.1 Å². The smallest absolute Gasteiger partial charge is 0.226 e. The third kappa shape index (κ3) is 4.68. The van der Waals surface area contributed by atoms with E-state index in [0.29, 0.717) is 18.3 Å². The van der Waals surface area contributed by atoms with Crippen LogP contribution in [-0.4, -0.2) is 32.2 Å². The van der Waals surface area contributed by atoms with Gasteiger partial charge >= 0.3 is 0 Å². The number of ketones is 1. The Hall–Kier alpha value is -2.15. The van der Waals surface area contributed by atoms with Gasteiger partial charge in [-0.3, -0.25) is 9.59 Å². The maximum Gasteiger partial charge on any atom is 0.226 e. The molecule has 1 amide bonds. The van der Waals surface area contributed by atoms with Crippen LogP contribution in [0.2, 0.25) is 0 Å². The Morgan fingerprint density at radius 2 is 1.60 bits per heavy atom. The Labute approximate surface area is 212 Å². The first kappa shape index (κ1) is 23.3. The van der Waals surface area contributed by atoms with Gasteiger partial charge < -0.3 is 9.88 Å². The number of nitrogens with one attached hydrogen (secondary N) is 1. The van der Waals surface area contributed by atoms with Gasteiger partial charge in [0.05, 0.1) is 12.3 Å². The Bertz CT molecular complexity index is 1040. The molecular formula is C28H36N4O2S. The van der Waals surface area contributed by atoms with E-state index < -0.39 is 0 Å². The number of amides is 1. The van der Waals surface area contributed by atoms with E-state index in [0.717, 1.165) is 66.4 Å². The lowest BCUT2D eigenvalue weighted by Crippen LogP contribution is -2.53. The van der Waals surface area contributed by atoms with Crippen LogP contribution in [0.1, 0.15) is 92.9 Å². The molecular weight excluding hydrogens is 456 g/mol. The van der Waals surface area contributed by atoms with Crippen LogP contribution >= 0.6 is 11.8 Å². The van der Waals surface area contributed by atoms with Crippen LogP contribution in [-0.2, 0) is 11.3 Å². The Balaban J connectivity index is 1.16. The zero-order chi connectivity index (χ0) is 23.8.